The fourth-order valence-electron chi connectivity index (χ4n) is 7.56. The Morgan fingerprint density at radius 2 is 1.53 bits per heavy atom. The average molecular weight is 486 g/mol. The van der Waals surface area contributed by atoms with Gasteiger partial charge in [0.15, 0.2) is 6.79 Å². The number of carbonyl (C=O) groups excluding carboxylic acids is 1. The highest BCUT2D eigenvalue weighted by atomic mass is 16.7. The maximum absolute atomic E-state index is 11.5. The number of fused-ring (bicyclic) bond motifs is 1. The number of benzene rings is 3. The summed E-state index contributed by atoms with van der Waals surface area (Å²) >= 11 is 0. The van der Waals surface area contributed by atoms with Crippen molar-refractivity contribution >= 4 is 16.7 Å². The predicted octanol–water partition coefficient (Wildman–Crippen LogP) is 6.07. The number of methoxy groups -OCH3 is 1. The Labute approximate surface area is 212 Å². The Bertz CT molecular complexity index is 1230. The van der Waals surface area contributed by atoms with Crippen LogP contribution in [0.15, 0.2) is 54.6 Å². The molecule has 0 radical (unpaired) electrons. The van der Waals surface area contributed by atoms with Crippen LogP contribution >= 0.6 is 0 Å². The predicted molar refractivity (Wildman–Crippen MR) is 141 cm³/mol. The summed E-state index contributed by atoms with van der Waals surface area (Å²) in [5.41, 5.74) is 9.73. The minimum atomic E-state index is -0.404. The van der Waals surface area contributed by atoms with Crippen LogP contribution in [-0.2, 0) is 14.9 Å². The molecule has 3 aromatic carbocycles. The van der Waals surface area contributed by atoms with Crippen molar-refractivity contribution in [3.8, 4) is 16.9 Å². The van der Waals surface area contributed by atoms with E-state index < -0.39 is 5.91 Å². The van der Waals surface area contributed by atoms with E-state index in [0.29, 0.717) is 18.8 Å². The smallest absolute Gasteiger partial charge is 0.248 e. The van der Waals surface area contributed by atoms with Gasteiger partial charge in [-0.25, -0.2) is 0 Å². The van der Waals surface area contributed by atoms with Crippen LogP contribution in [0, 0.1) is 17.8 Å². The standard InChI is InChI=1S/C31H35NO4/c1-34-8-9-35-19-36-29-15-26-7-6-25(23-2-4-24(5-3-23)30(32)33)13-27(26)14-28(29)31-16-20-10-21(17-31)12-22(11-20)18-31/h2-7,13-15,20-22H,8-12,16-19H2,1H3,(H2,32,33). The van der Waals surface area contributed by atoms with Gasteiger partial charge in [0.1, 0.15) is 5.75 Å². The van der Waals surface area contributed by atoms with E-state index in [4.69, 9.17) is 19.9 Å². The number of primary amides is 1. The van der Waals surface area contributed by atoms with Crippen LogP contribution in [0.1, 0.15) is 54.4 Å². The Morgan fingerprint density at radius 3 is 2.17 bits per heavy atom. The summed E-state index contributed by atoms with van der Waals surface area (Å²) in [4.78, 5) is 11.5. The van der Waals surface area contributed by atoms with E-state index in [-0.39, 0.29) is 12.2 Å². The highest BCUT2D eigenvalue weighted by Crippen LogP contribution is 2.62. The van der Waals surface area contributed by atoms with Gasteiger partial charge in [0.25, 0.3) is 0 Å². The van der Waals surface area contributed by atoms with E-state index in [1.54, 1.807) is 19.2 Å². The molecule has 0 unspecified atom stereocenters. The van der Waals surface area contributed by atoms with Crippen LogP contribution in [0.2, 0.25) is 0 Å². The topological polar surface area (TPSA) is 70.8 Å². The normalized spacial score (nSPS) is 26.4. The van der Waals surface area contributed by atoms with E-state index >= 15 is 0 Å². The zero-order valence-corrected chi connectivity index (χ0v) is 21.0. The molecule has 0 saturated heterocycles. The molecular weight excluding hydrogens is 450 g/mol. The first-order chi connectivity index (χ1) is 17.5. The second kappa shape index (κ2) is 9.53. The van der Waals surface area contributed by atoms with Gasteiger partial charge >= 0.3 is 0 Å². The summed E-state index contributed by atoms with van der Waals surface area (Å²) in [6.45, 7) is 1.32. The van der Waals surface area contributed by atoms with Gasteiger partial charge in [-0.3, -0.25) is 4.79 Å². The fourth-order valence-corrected chi connectivity index (χ4v) is 7.56. The van der Waals surface area contributed by atoms with Crippen molar-refractivity contribution in [2.24, 2.45) is 23.5 Å². The van der Waals surface area contributed by atoms with E-state index in [1.165, 1.54) is 49.5 Å². The molecule has 0 aliphatic heterocycles. The van der Waals surface area contributed by atoms with Crippen molar-refractivity contribution in [3.05, 3.63) is 65.7 Å². The van der Waals surface area contributed by atoms with Gasteiger partial charge in [0, 0.05) is 18.2 Å². The van der Waals surface area contributed by atoms with Gasteiger partial charge in [-0.2, -0.15) is 0 Å². The number of carbonyl (C=O) groups is 1. The molecule has 0 aromatic heterocycles. The largest absolute Gasteiger partial charge is 0.467 e. The van der Waals surface area contributed by atoms with Gasteiger partial charge in [-0.05, 0) is 114 Å². The molecule has 5 heteroatoms. The minimum absolute atomic E-state index is 0.212. The van der Waals surface area contributed by atoms with Crippen LogP contribution in [0.3, 0.4) is 0 Å². The molecule has 4 aliphatic rings. The molecule has 4 fully saturated rings. The van der Waals surface area contributed by atoms with E-state index in [9.17, 15) is 4.79 Å². The van der Waals surface area contributed by atoms with Crippen molar-refractivity contribution in [2.45, 2.75) is 43.9 Å². The lowest BCUT2D eigenvalue weighted by Crippen LogP contribution is -2.48. The highest BCUT2D eigenvalue weighted by molar-refractivity contribution is 5.94. The number of hydrogen-bond donors (Lipinski definition) is 1. The van der Waals surface area contributed by atoms with Crippen molar-refractivity contribution < 1.29 is 19.0 Å². The van der Waals surface area contributed by atoms with E-state index in [1.807, 2.05) is 12.1 Å². The van der Waals surface area contributed by atoms with Crippen LogP contribution in [0.25, 0.3) is 21.9 Å². The molecule has 4 saturated carbocycles. The Kier molecular flexibility index (Phi) is 6.22. The fraction of sp³-hybridized carbons (Fsp3) is 0.452. The van der Waals surface area contributed by atoms with Gasteiger partial charge < -0.3 is 19.9 Å². The van der Waals surface area contributed by atoms with Crippen LogP contribution in [-0.4, -0.2) is 33.0 Å². The molecule has 2 N–H and O–H groups in total. The third-order valence-corrected chi connectivity index (χ3v) is 8.78. The quantitative estimate of drug-likeness (QED) is 0.295. The maximum Gasteiger partial charge on any atom is 0.248 e. The monoisotopic (exact) mass is 485 g/mol. The van der Waals surface area contributed by atoms with Crippen molar-refractivity contribution in [3.63, 3.8) is 0 Å². The molecule has 4 aliphatic carbocycles. The molecule has 1 amide bonds. The summed E-state index contributed by atoms with van der Waals surface area (Å²) in [5.74, 6) is 3.13. The average Bonchev–Trinajstić information content (AvgIpc) is 2.87. The number of ether oxygens (including phenoxy) is 3. The molecule has 188 valence electrons. The third-order valence-electron chi connectivity index (χ3n) is 8.78. The first-order valence-electron chi connectivity index (χ1n) is 13.2. The second-order valence-corrected chi connectivity index (χ2v) is 11.2. The van der Waals surface area contributed by atoms with Crippen LogP contribution < -0.4 is 10.5 Å². The van der Waals surface area contributed by atoms with Crippen LogP contribution in [0.5, 0.6) is 5.75 Å². The van der Waals surface area contributed by atoms with Crippen molar-refractivity contribution in [1.82, 2.24) is 0 Å². The first kappa shape index (κ1) is 23.5. The maximum atomic E-state index is 11.5. The lowest BCUT2D eigenvalue weighted by atomic mass is 9.48. The number of nitrogens with two attached hydrogens (primary N) is 1. The minimum Gasteiger partial charge on any atom is -0.467 e. The summed E-state index contributed by atoms with van der Waals surface area (Å²) < 4.78 is 17.1. The van der Waals surface area contributed by atoms with E-state index in [2.05, 4.69) is 30.3 Å². The zero-order valence-electron chi connectivity index (χ0n) is 21.0. The number of rotatable bonds is 9. The molecule has 7 rings (SSSR count). The molecule has 36 heavy (non-hydrogen) atoms. The first-order valence-corrected chi connectivity index (χ1v) is 13.2. The number of amides is 1. The van der Waals surface area contributed by atoms with Crippen molar-refractivity contribution in [1.29, 1.82) is 0 Å². The zero-order chi connectivity index (χ0) is 24.7. The van der Waals surface area contributed by atoms with Gasteiger partial charge in [-0.15, -0.1) is 0 Å². The van der Waals surface area contributed by atoms with Crippen molar-refractivity contribution in [2.75, 3.05) is 27.1 Å². The lowest BCUT2D eigenvalue weighted by molar-refractivity contribution is -0.0188. The molecule has 0 heterocycles. The Balaban J connectivity index is 1.38. The summed E-state index contributed by atoms with van der Waals surface area (Å²) in [7, 11) is 1.68. The SMILES string of the molecule is COCCOCOc1cc2ccc(-c3ccc(C(N)=O)cc3)cc2cc1C12CC3CC(CC(C3)C1)C2. The molecule has 4 bridgehead atoms. The van der Waals surface area contributed by atoms with Gasteiger partial charge in [0.05, 0.1) is 13.2 Å². The lowest BCUT2D eigenvalue weighted by Gasteiger charge is -2.57. The third kappa shape index (κ3) is 4.39. The van der Waals surface area contributed by atoms with E-state index in [0.717, 1.165) is 40.0 Å². The van der Waals surface area contributed by atoms with Gasteiger partial charge in [0.2, 0.25) is 5.91 Å². The summed E-state index contributed by atoms with van der Waals surface area (Å²) in [6.07, 6.45) is 8.07. The second-order valence-electron chi connectivity index (χ2n) is 11.2. The summed E-state index contributed by atoms with van der Waals surface area (Å²) in [5, 5.41) is 2.39. The van der Waals surface area contributed by atoms with Gasteiger partial charge in [-0.1, -0.05) is 24.3 Å². The Morgan fingerprint density at radius 1 is 0.861 bits per heavy atom. The summed E-state index contributed by atoms with van der Waals surface area (Å²) in [6, 6.07) is 18.7. The Hall–Kier alpha value is -2.89. The molecule has 3 aromatic rings. The molecule has 0 atom stereocenters. The molecule has 0 spiro atoms. The molecule has 5 nitrogen and oxygen atoms in total. The number of hydrogen-bond acceptors (Lipinski definition) is 4. The van der Waals surface area contributed by atoms with Crippen LogP contribution in [0.4, 0.5) is 0 Å². The molecular formula is C31H35NO4. The highest BCUT2D eigenvalue weighted by Gasteiger charge is 2.52.